The minimum Gasteiger partial charge on any atom is -0.478 e. The highest BCUT2D eigenvalue weighted by Gasteiger charge is 2.21. The lowest BCUT2D eigenvalue weighted by molar-refractivity contribution is 0.0696. The summed E-state index contributed by atoms with van der Waals surface area (Å²) in [5.41, 5.74) is 1.15. The summed E-state index contributed by atoms with van der Waals surface area (Å²) in [4.78, 5) is 11.0. The van der Waals surface area contributed by atoms with Gasteiger partial charge in [0.2, 0.25) is 10.0 Å². The van der Waals surface area contributed by atoms with Crippen LogP contribution < -0.4 is 4.72 Å². The summed E-state index contributed by atoms with van der Waals surface area (Å²) in [5, 5.41) is 15.4. The molecule has 0 amide bonds. The van der Waals surface area contributed by atoms with Gasteiger partial charge in [-0.15, -0.1) is 0 Å². The second kappa shape index (κ2) is 5.66. The summed E-state index contributed by atoms with van der Waals surface area (Å²) >= 11 is 0. The Bertz CT molecular complexity index is 754. The third-order valence-electron chi connectivity index (χ3n) is 3.10. The van der Waals surface area contributed by atoms with Gasteiger partial charge in [-0.25, -0.2) is 17.9 Å². The zero-order chi connectivity index (χ0) is 15.6. The molecule has 2 rings (SSSR count). The van der Waals surface area contributed by atoms with E-state index in [1.165, 1.54) is 18.3 Å². The molecule has 112 valence electrons. The third-order valence-corrected chi connectivity index (χ3v) is 4.64. The lowest BCUT2D eigenvalue weighted by Crippen LogP contribution is -2.27. The maximum Gasteiger partial charge on any atom is 0.335 e. The van der Waals surface area contributed by atoms with Crippen molar-refractivity contribution in [2.45, 2.75) is 24.8 Å². The molecule has 21 heavy (non-hydrogen) atoms. The number of H-pyrrole nitrogens is 1. The predicted octanol–water partition coefficient (Wildman–Crippen LogP) is 1.46. The highest BCUT2D eigenvalue weighted by atomic mass is 32.2. The zero-order valence-electron chi connectivity index (χ0n) is 11.5. The van der Waals surface area contributed by atoms with Crippen LogP contribution in [-0.4, -0.2) is 29.7 Å². The Morgan fingerprint density at radius 3 is 2.71 bits per heavy atom. The number of aryl methyl sites for hydroxylation is 1. The first kappa shape index (κ1) is 15.2. The quantitative estimate of drug-likeness (QED) is 0.774. The van der Waals surface area contributed by atoms with E-state index in [0.717, 1.165) is 6.07 Å². The standard InChI is InChI=1S/C13H15N3O4S/c1-8-3-4-11(5-12(8)13(17)18)21(19,20)16-9(2)10-6-14-15-7-10/h3-7,9,16H,1-2H3,(H,14,15)(H,17,18). The number of aromatic amines is 1. The molecule has 1 unspecified atom stereocenters. The normalized spacial score (nSPS) is 13.0. The highest BCUT2D eigenvalue weighted by molar-refractivity contribution is 7.89. The summed E-state index contributed by atoms with van der Waals surface area (Å²) in [7, 11) is -3.81. The number of carboxylic acid groups (broad SMARTS) is 1. The van der Waals surface area contributed by atoms with Gasteiger partial charge in [0.15, 0.2) is 0 Å². The van der Waals surface area contributed by atoms with Gasteiger partial charge in [0.25, 0.3) is 0 Å². The van der Waals surface area contributed by atoms with Crippen LogP contribution in [0.2, 0.25) is 0 Å². The number of benzene rings is 1. The molecule has 1 heterocycles. The molecule has 0 saturated heterocycles. The first-order chi connectivity index (χ1) is 9.81. The number of rotatable bonds is 5. The second-order valence-electron chi connectivity index (χ2n) is 4.66. The van der Waals surface area contributed by atoms with Crippen molar-refractivity contribution in [1.82, 2.24) is 14.9 Å². The Kier molecular flexibility index (Phi) is 4.10. The van der Waals surface area contributed by atoms with E-state index in [1.807, 2.05) is 0 Å². The van der Waals surface area contributed by atoms with Crippen LogP contribution in [0.1, 0.15) is 34.5 Å². The first-order valence-electron chi connectivity index (χ1n) is 6.16. The van der Waals surface area contributed by atoms with Crippen LogP contribution >= 0.6 is 0 Å². The topological polar surface area (TPSA) is 112 Å². The average molecular weight is 309 g/mol. The van der Waals surface area contributed by atoms with Crippen molar-refractivity contribution < 1.29 is 18.3 Å². The van der Waals surface area contributed by atoms with Crippen LogP contribution in [0.3, 0.4) is 0 Å². The molecule has 0 saturated carbocycles. The molecular weight excluding hydrogens is 294 g/mol. The van der Waals surface area contributed by atoms with E-state index in [1.54, 1.807) is 20.0 Å². The molecule has 2 aromatic rings. The number of sulfonamides is 1. The van der Waals surface area contributed by atoms with Gasteiger partial charge in [-0.2, -0.15) is 5.10 Å². The van der Waals surface area contributed by atoms with Gasteiger partial charge in [0, 0.05) is 17.8 Å². The van der Waals surface area contributed by atoms with Gasteiger partial charge >= 0.3 is 5.97 Å². The van der Waals surface area contributed by atoms with Gasteiger partial charge in [0.05, 0.1) is 16.7 Å². The van der Waals surface area contributed by atoms with Crippen LogP contribution in [0.25, 0.3) is 0 Å². The molecule has 1 atom stereocenters. The fourth-order valence-electron chi connectivity index (χ4n) is 1.87. The molecule has 7 nitrogen and oxygen atoms in total. The Morgan fingerprint density at radius 1 is 1.43 bits per heavy atom. The molecule has 8 heteroatoms. The number of hydrogen-bond donors (Lipinski definition) is 3. The first-order valence-corrected chi connectivity index (χ1v) is 7.64. The molecule has 3 N–H and O–H groups in total. The lowest BCUT2D eigenvalue weighted by atomic mass is 10.1. The monoisotopic (exact) mass is 309 g/mol. The molecular formula is C13H15N3O4S. The molecule has 0 radical (unpaired) electrons. The van der Waals surface area contributed by atoms with Crippen LogP contribution in [0, 0.1) is 6.92 Å². The van der Waals surface area contributed by atoms with Gasteiger partial charge < -0.3 is 5.11 Å². The van der Waals surface area contributed by atoms with Crippen molar-refractivity contribution in [2.75, 3.05) is 0 Å². The minimum atomic E-state index is -3.81. The summed E-state index contributed by atoms with van der Waals surface area (Å²) in [6, 6.07) is 3.53. The van der Waals surface area contributed by atoms with E-state index < -0.39 is 22.0 Å². The van der Waals surface area contributed by atoms with Crippen molar-refractivity contribution >= 4 is 16.0 Å². The summed E-state index contributed by atoms with van der Waals surface area (Å²) in [6.07, 6.45) is 3.11. The Balaban J connectivity index is 2.32. The lowest BCUT2D eigenvalue weighted by Gasteiger charge is -2.13. The van der Waals surface area contributed by atoms with Crippen molar-refractivity contribution in [3.8, 4) is 0 Å². The molecule has 1 aromatic carbocycles. The van der Waals surface area contributed by atoms with Gasteiger partial charge in [-0.3, -0.25) is 5.10 Å². The number of aromatic nitrogens is 2. The highest BCUT2D eigenvalue weighted by Crippen LogP contribution is 2.19. The van der Waals surface area contributed by atoms with Crippen molar-refractivity contribution in [1.29, 1.82) is 0 Å². The Labute approximate surface area is 122 Å². The number of carbonyl (C=O) groups is 1. The number of hydrogen-bond acceptors (Lipinski definition) is 4. The van der Waals surface area contributed by atoms with Gasteiger partial charge in [-0.05, 0) is 31.5 Å². The summed E-state index contributed by atoms with van der Waals surface area (Å²) in [5.74, 6) is -1.16. The second-order valence-corrected chi connectivity index (χ2v) is 6.37. The maximum absolute atomic E-state index is 12.3. The molecule has 0 spiro atoms. The number of nitrogens with zero attached hydrogens (tertiary/aromatic N) is 1. The fourth-order valence-corrected chi connectivity index (χ4v) is 3.12. The van der Waals surface area contributed by atoms with Crippen LogP contribution in [0.5, 0.6) is 0 Å². The molecule has 0 aliphatic heterocycles. The van der Waals surface area contributed by atoms with Crippen molar-refractivity contribution in [3.05, 3.63) is 47.3 Å². The van der Waals surface area contributed by atoms with Crippen LogP contribution in [0.15, 0.2) is 35.5 Å². The van der Waals surface area contributed by atoms with E-state index in [-0.39, 0.29) is 10.5 Å². The Morgan fingerprint density at radius 2 is 2.14 bits per heavy atom. The molecule has 0 bridgehead atoms. The molecule has 0 fully saturated rings. The summed E-state index contributed by atoms with van der Waals surface area (Å²) < 4.78 is 27.1. The number of nitrogens with one attached hydrogen (secondary N) is 2. The average Bonchev–Trinajstić information content (AvgIpc) is 2.92. The number of aromatic carboxylic acids is 1. The van der Waals surface area contributed by atoms with E-state index in [0.29, 0.717) is 11.1 Å². The molecule has 0 aliphatic carbocycles. The van der Waals surface area contributed by atoms with Crippen LogP contribution in [0.4, 0.5) is 0 Å². The summed E-state index contributed by atoms with van der Waals surface area (Å²) in [6.45, 7) is 3.29. The number of carboxylic acids is 1. The SMILES string of the molecule is Cc1ccc(S(=O)(=O)NC(C)c2cn[nH]c2)cc1C(=O)O. The van der Waals surface area contributed by atoms with Gasteiger partial charge in [-0.1, -0.05) is 6.07 Å². The molecule has 0 aliphatic rings. The van der Waals surface area contributed by atoms with Crippen LogP contribution in [-0.2, 0) is 10.0 Å². The van der Waals surface area contributed by atoms with Gasteiger partial charge in [0.1, 0.15) is 0 Å². The van der Waals surface area contributed by atoms with E-state index in [9.17, 15) is 13.2 Å². The smallest absolute Gasteiger partial charge is 0.335 e. The third kappa shape index (κ3) is 3.29. The zero-order valence-corrected chi connectivity index (χ0v) is 12.3. The van der Waals surface area contributed by atoms with E-state index in [4.69, 9.17) is 5.11 Å². The van der Waals surface area contributed by atoms with E-state index in [2.05, 4.69) is 14.9 Å². The van der Waals surface area contributed by atoms with Crippen molar-refractivity contribution in [3.63, 3.8) is 0 Å². The van der Waals surface area contributed by atoms with Crippen molar-refractivity contribution in [2.24, 2.45) is 0 Å². The maximum atomic E-state index is 12.3. The predicted molar refractivity (Wildman–Crippen MR) is 75.5 cm³/mol. The largest absolute Gasteiger partial charge is 0.478 e. The minimum absolute atomic E-state index is 0.0335. The fraction of sp³-hybridized carbons (Fsp3) is 0.231. The Hall–Kier alpha value is -2.19. The molecule has 1 aromatic heterocycles. The van der Waals surface area contributed by atoms with E-state index >= 15 is 0 Å².